The van der Waals surface area contributed by atoms with E-state index in [1.807, 2.05) is 6.92 Å². The van der Waals surface area contributed by atoms with Gasteiger partial charge in [-0.15, -0.1) is 0 Å². The molecule has 0 aromatic carbocycles. The van der Waals surface area contributed by atoms with E-state index in [4.69, 9.17) is 15.2 Å². The molecular weight excluding hydrogens is 214 g/mol. The van der Waals surface area contributed by atoms with E-state index in [9.17, 15) is 0 Å². The Hall–Kier alpha value is -0.120. The summed E-state index contributed by atoms with van der Waals surface area (Å²) in [7, 11) is 1.79. The molecule has 17 heavy (non-hydrogen) atoms. The summed E-state index contributed by atoms with van der Waals surface area (Å²) in [5, 5.41) is 0. The van der Waals surface area contributed by atoms with Crippen LogP contribution in [-0.4, -0.2) is 31.5 Å². The van der Waals surface area contributed by atoms with Gasteiger partial charge < -0.3 is 15.2 Å². The van der Waals surface area contributed by atoms with Crippen LogP contribution in [0.1, 0.15) is 53.4 Å². The molecule has 4 atom stereocenters. The predicted molar refractivity (Wildman–Crippen MR) is 71.0 cm³/mol. The molecule has 0 radical (unpaired) electrons. The average Bonchev–Trinajstić information content (AvgIpc) is 2.24. The molecule has 1 saturated carbocycles. The third-order valence-corrected chi connectivity index (χ3v) is 3.58. The third-order valence-electron chi connectivity index (χ3n) is 3.58. The Labute approximate surface area is 106 Å². The van der Waals surface area contributed by atoms with E-state index < -0.39 is 0 Å². The summed E-state index contributed by atoms with van der Waals surface area (Å²) >= 11 is 0. The van der Waals surface area contributed by atoms with Gasteiger partial charge in [-0.1, -0.05) is 20.8 Å². The zero-order valence-corrected chi connectivity index (χ0v) is 12.0. The summed E-state index contributed by atoms with van der Waals surface area (Å²) in [4.78, 5) is 0. The van der Waals surface area contributed by atoms with Crippen molar-refractivity contribution in [2.75, 3.05) is 7.11 Å². The van der Waals surface area contributed by atoms with Crippen LogP contribution >= 0.6 is 0 Å². The van der Waals surface area contributed by atoms with Gasteiger partial charge in [0.05, 0.1) is 18.3 Å². The SMILES string of the molecule is COC1CCCC(OC(C(C)N)C(C)(C)C)C1. The van der Waals surface area contributed by atoms with E-state index in [0.29, 0.717) is 12.2 Å². The quantitative estimate of drug-likeness (QED) is 0.825. The third kappa shape index (κ3) is 4.57. The Balaban J connectivity index is 2.55. The summed E-state index contributed by atoms with van der Waals surface area (Å²) in [5.41, 5.74) is 6.14. The van der Waals surface area contributed by atoms with Crippen molar-refractivity contribution in [2.24, 2.45) is 11.1 Å². The fourth-order valence-electron chi connectivity index (χ4n) is 2.76. The molecular formula is C14H29NO2. The topological polar surface area (TPSA) is 44.5 Å². The van der Waals surface area contributed by atoms with Crippen LogP contribution in [0.25, 0.3) is 0 Å². The lowest BCUT2D eigenvalue weighted by Gasteiger charge is -2.38. The molecule has 3 heteroatoms. The molecule has 0 spiro atoms. The van der Waals surface area contributed by atoms with Gasteiger partial charge in [-0.05, 0) is 38.0 Å². The van der Waals surface area contributed by atoms with E-state index in [-0.39, 0.29) is 17.6 Å². The number of ether oxygens (including phenoxy) is 2. The van der Waals surface area contributed by atoms with Gasteiger partial charge in [0.15, 0.2) is 0 Å². The van der Waals surface area contributed by atoms with Crippen LogP contribution in [0.4, 0.5) is 0 Å². The van der Waals surface area contributed by atoms with Gasteiger partial charge >= 0.3 is 0 Å². The molecule has 1 fully saturated rings. The maximum atomic E-state index is 6.24. The number of nitrogens with two attached hydrogens (primary N) is 1. The normalized spacial score (nSPS) is 30.0. The molecule has 4 unspecified atom stereocenters. The van der Waals surface area contributed by atoms with Crippen LogP contribution in [0.15, 0.2) is 0 Å². The molecule has 0 amide bonds. The van der Waals surface area contributed by atoms with Crippen LogP contribution < -0.4 is 5.73 Å². The number of hydrogen-bond acceptors (Lipinski definition) is 3. The van der Waals surface area contributed by atoms with Crippen molar-refractivity contribution < 1.29 is 9.47 Å². The first-order valence-electron chi connectivity index (χ1n) is 6.78. The second-order valence-corrected chi connectivity index (χ2v) is 6.43. The molecule has 2 N–H and O–H groups in total. The molecule has 3 nitrogen and oxygen atoms in total. The van der Waals surface area contributed by atoms with E-state index in [0.717, 1.165) is 19.3 Å². The number of methoxy groups -OCH3 is 1. The lowest BCUT2D eigenvalue weighted by Crippen LogP contribution is -2.46. The standard InChI is InChI=1S/C14H29NO2/c1-10(15)13(14(2,3)4)17-12-8-6-7-11(9-12)16-5/h10-13H,6-9,15H2,1-5H3. The minimum atomic E-state index is 0.0675. The number of rotatable bonds is 4. The number of hydrogen-bond donors (Lipinski definition) is 1. The first-order chi connectivity index (χ1) is 7.84. The van der Waals surface area contributed by atoms with Crippen LogP contribution in [0.2, 0.25) is 0 Å². The summed E-state index contributed by atoms with van der Waals surface area (Å²) in [5.74, 6) is 0. The molecule has 1 rings (SSSR count). The zero-order chi connectivity index (χ0) is 13.1. The van der Waals surface area contributed by atoms with Crippen molar-refractivity contribution in [1.29, 1.82) is 0 Å². The smallest absolute Gasteiger partial charge is 0.0775 e. The first-order valence-corrected chi connectivity index (χ1v) is 6.78. The molecule has 0 aromatic heterocycles. The second-order valence-electron chi connectivity index (χ2n) is 6.43. The van der Waals surface area contributed by atoms with Gasteiger partial charge in [0.1, 0.15) is 0 Å². The van der Waals surface area contributed by atoms with Gasteiger partial charge in [-0.3, -0.25) is 0 Å². The zero-order valence-electron chi connectivity index (χ0n) is 12.0. The minimum absolute atomic E-state index is 0.0675. The summed E-state index contributed by atoms with van der Waals surface area (Å²) in [6.45, 7) is 8.61. The maximum Gasteiger partial charge on any atom is 0.0775 e. The lowest BCUT2D eigenvalue weighted by atomic mass is 9.84. The highest BCUT2D eigenvalue weighted by molar-refractivity contribution is 4.84. The fourth-order valence-corrected chi connectivity index (χ4v) is 2.76. The van der Waals surface area contributed by atoms with E-state index in [1.54, 1.807) is 7.11 Å². The van der Waals surface area contributed by atoms with Crippen molar-refractivity contribution in [1.82, 2.24) is 0 Å². The molecule has 102 valence electrons. The van der Waals surface area contributed by atoms with Gasteiger partial charge in [0, 0.05) is 13.2 Å². The van der Waals surface area contributed by atoms with Crippen LogP contribution in [-0.2, 0) is 9.47 Å². The van der Waals surface area contributed by atoms with Gasteiger partial charge in [0.2, 0.25) is 0 Å². The molecule has 0 bridgehead atoms. The average molecular weight is 243 g/mol. The Morgan fingerprint density at radius 2 is 1.76 bits per heavy atom. The molecule has 0 heterocycles. The van der Waals surface area contributed by atoms with E-state index in [2.05, 4.69) is 20.8 Å². The predicted octanol–water partition coefficient (Wildman–Crippen LogP) is 2.72. The van der Waals surface area contributed by atoms with Gasteiger partial charge in [-0.25, -0.2) is 0 Å². The van der Waals surface area contributed by atoms with Crippen molar-refractivity contribution in [2.45, 2.75) is 77.7 Å². The molecule has 0 aliphatic heterocycles. The van der Waals surface area contributed by atoms with E-state index in [1.165, 1.54) is 6.42 Å². The Bertz CT molecular complexity index is 223. The first kappa shape index (κ1) is 14.9. The van der Waals surface area contributed by atoms with E-state index >= 15 is 0 Å². The van der Waals surface area contributed by atoms with Crippen LogP contribution in [0, 0.1) is 5.41 Å². The molecule has 1 aliphatic rings. The Morgan fingerprint density at radius 1 is 1.18 bits per heavy atom. The van der Waals surface area contributed by atoms with Gasteiger partial charge in [-0.2, -0.15) is 0 Å². The highest BCUT2D eigenvalue weighted by atomic mass is 16.5. The fraction of sp³-hybridized carbons (Fsp3) is 1.00. The molecule has 0 saturated heterocycles. The Kier molecular flexibility index (Phi) is 5.42. The van der Waals surface area contributed by atoms with Crippen molar-refractivity contribution in [3.8, 4) is 0 Å². The second kappa shape index (κ2) is 6.17. The highest BCUT2D eigenvalue weighted by Crippen LogP contribution is 2.30. The highest BCUT2D eigenvalue weighted by Gasteiger charge is 2.33. The van der Waals surface area contributed by atoms with Crippen LogP contribution in [0.5, 0.6) is 0 Å². The molecule has 0 aromatic rings. The van der Waals surface area contributed by atoms with Crippen molar-refractivity contribution in [3.05, 3.63) is 0 Å². The van der Waals surface area contributed by atoms with Crippen LogP contribution in [0.3, 0.4) is 0 Å². The maximum absolute atomic E-state index is 6.24. The Morgan fingerprint density at radius 3 is 2.24 bits per heavy atom. The lowest BCUT2D eigenvalue weighted by molar-refractivity contribution is -0.107. The summed E-state index contributed by atoms with van der Waals surface area (Å²) < 4.78 is 11.7. The van der Waals surface area contributed by atoms with Crippen molar-refractivity contribution >= 4 is 0 Å². The summed E-state index contributed by atoms with van der Waals surface area (Å²) in [6, 6.07) is 0.0675. The minimum Gasteiger partial charge on any atom is -0.381 e. The monoisotopic (exact) mass is 243 g/mol. The largest absolute Gasteiger partial charge is 0.381 e. The summed E-state index contributed by atoms with van der Waals surface area (Å²) in [6.07, 6.45) is 5.29. The molecule has 1 aliphatic carbocycles. The van der Waals surface area contributed by atoms with Gasteiger partial charge in [0.25, 0.3) is 0 Å². The van der Waals surface area contributed by atoms with Crippen molar-refractivity contribution in [3.63, 3.8) is 0 Å².